The van der Waals surface area contributed by atoms with Gasteiger partial charge in [0.15, 0.2) is 0 Å². The molecule has 6 nitrogen and oxygen atoms in total. The second-order valence-corrected chi connectivity index (χ2v) is 10.1. The van der Waals surface area contributed by atoms with Crippen molar-refractivity contribution in [3.8, 4) is 5.75 Å². The maximum absolute atomic E-state index is 13.4. The van der Waals surface area contributed by atoms with Gasteiger partial charge in [0.25, 0.3) is 10.0 Å². The highest BCUT2D eigenvalue weighted by atomic mass is 35.5. The Morgan fingerprint density at radius 2 is 1.67 bits per heavy atom. The van der Waals surface area contributed by atoms with Gasteiger partial charge in [0.05, 0.1) is 16.6 Å². The summed E-state index contributed by atoms with van der Waals surface area (Å²) in [5, 5.41) is 3.20. The standard InChI is InChI=1S/C25H27ClN2O4S/c1-18-13-14-21(26)15-23(18)28(33(30,31)22-10-5-4-6-11-22)16-25(29)27-20(3)17-32-24-12-8-7-9-19(24)2/h4-15,20H,16-17H2,1-3H3,(H,27,29). The molecule has 8 heteroatoms. The van der Waals surface area contributed by atoms with Crippen LogP contribution in [0.15, 0.2) is 77.7 Å². The first-order valence-corrected chi connectivity index (χ1v) is 12.3. The van der Waals surface area contributed by atoms with Crippen molar-refractivity contribution in [2.24, 2.45) is 0 Å². The summed E-state index contributed by atoms with van der Waals surface area (Å²) in [6.07, 6.45) is 0. The van der Waals surface area contributed by atoms with Gasteiger partial charge in [0.2, 0.25) is 5.91 Å². The molecule has 0 fully saturated rings. The minimum atomic E-state index is -4.00. The Labute approximate surface area is 200 Å². The lowest BCUT2D eigenvalue weighted by Gasteiger charge is -2.26. The molecule has 0 spiro atoms. The number of para-hydroxylation sites is 1. The van der Waals surface area contributed by atoms with Crippen molar-refractivity contribution in [3.05, 3.63) is 88.9 Å². The minimum absolute atomic E-state index is 0.0908. The number of ether oxygens (including phenoxy) is 1. The van der Waals surface area contributed by atoms with E-state index >= 15 is 0 Å². The van der Waals surface area contributed by atoms with E-state index in [0.29, 0.717) is 16.3 Å². The maximum atomic E-state index is 13.4. The summed E-state index contributed by atoms with van der Waals surface area (Å²) >= 11 is 6.15. The van der Waals surface area contributed by atoms with Crippen LogP contribution in [-0.2, 0) is 14.8 Å². The van der Waals surface area contributed by atoms with Crippen LogP contribution in [0, 0.1) is 13.8 Å². The monoisotopic (exact) mass is 486 g/mol. The van der Waals surface area contributed by atoms with E-state index in [4.69, 9.17) is 16.3 Å². The van der Waals surface area contributed by atoms with Gasteiger partial charge in [-0.2, -0.15) is 0 Å². The number of aryl methyl sites for hydroxylation is 2. The molecule has 0 saturated carbocycles. The van der Waals surface area contributed by atoms with E-state index in [9.17, 15) is 13.2 Å². The van der Waals surface area contributed by atoms with Crippen LogP contribution in [0.5, 0.6) is 5.75 Å². The van der Waals surface area contributed by atoms with Crippen LogP contribution < -0.4 is 14.4 Å². The average molecular weight is 487 g/mol. The molecule has 3 aromatic carbocycles. The van der Waals surface area contributed by atoms with Gasteiger partial charge in [-0.3, -0.25) is 9.10 Å². The van der Waals surface area contributed by atoms with Crippen molar-refractivity contribution in [2.75, 3.05) is 17.5 Å². The maximum Gasteiger partial charge on any atom is 0.264 e. The largest absolute Gasteiger partial charge is 0.491 e. The number of anilines is 1. The fraction of sp³-hybridized carbons (Fsp3) is 0.240. The van der Waals surface area contributed by atoms with Crippen LogP contribution in [0.2, 0.25) is 5.02 Å². The molecule has 1 N–H and O–H groups in total. The summed E-state index contributed by atoms with van der Waals surface area (Å²) in [5.74, 6) is 0.288. The molecule has 33 heavy (non-hydrogen) atoms. The highest BCUT2D eigenvalue weighted by molar-refractivity contribution is 7.92. The quantitative estimate of drug-likeness (QED) is 0.474. The van der Waals surface area contributed by atoms with Gasteiger partial charge in [-0.05, 0) is 62.2 Å². The van der Waals surface area contributed by atoms with E-state index in [2.05, 4.69) is 5.32 Å². The number of hydrogen-bond donors (Lipinski definition) is 1. The first-order chi connectivity index (χ1) is 15.7. The molecule has 0 saturated heterocycles. The number of amides is 1. The van der Waals surface area contributed by atoms with Crippen molar-refractivity contribution in [2.45, 2.75) is 31.7 Å². The van der Waals surface area contributed by atoms with E-state index in [1.807, 2.05) is 31.2 Å². The molecule has 0 aliphatic heterocycles. The summed E-state index contributed by atoms with van der Waals surface area (Å²) in [7, 11) is -4.00. The third-order valence-corrected chi connectivity index (χ3v) is 7.06. The van der Waals surface area contributed by atoms with Crippen LogP contribution in [0.1, 0.15) is 18.1 Å². The Morgan fingerprint density at radius 3 is 2.36 bits per heavy atom. The Kier molecular flexibility index (Phi) is 8.00. The molecule has 1 unspecified atom stereocenters. The first kappa shape index (κ1) is 24.6. The molecular weight excluding hydrogens is 460 g/mol. The molecule has 0 heterocycles. The van der Waals surface area contributed by atoms with Crippen LogP contribution in [0.25, 0.3) is 0 Å². The second-order valence-electron chi connectivity index (χ2n) is 7.80. The first-order valence-electron chi connectivity index (χ1n) is 10.5. The molecule has 3 aromatic rings. The van der Waals surface area contributed by atoms with Crippen molar-refractivity contribution in [1.29, 1.82) is 0 Å². The minimum Gasteiger partial charge on any atom is -0.491 e. The van der Waals surface area contributed by atoms with Gasteiger partial charge in [-0.25, -0.2) is 8.42 Å². The number of sulfonamides is 1. The molecule has 0 aliphatic carbocycles. The highest BCUT2D eigenvalue weighted by Gasteiger charge is 2.28. The predicted molar refractivity (Wildman–Crippen MR) is 131 cm³/mol. The van der Waals surface area contributed by atoms with Gasteiger partial charge in [0.1, 0.15) is 18.9 Å². The van der Waals surface area contributed by atoms with Gasteiger partial charge in [0, 0.05) is 5.02 Å². The summed E-state index contributed by atoms with van der Waals surface area (Å²) < 4.78 is 33.8. The van der Waals surface area contributed by atoms with Crippen LogP contribution in [-0.4, -0.2) is 33.5 Å². The topological polar surface area (TPSA) is 75.7 Å². The molecule has 0 bridgehead atoms. The van der Waals surface area contributed by atoms with Crippen molar-refractivity contribution in [1.82, 2.24) is 5.32 Å². The molecule has 3 rings (SSSR count). The van der Waals surface area contributed by atoms with Crippen molar-refractivity contribution >= 4 is 33.2 Å². The lowest BCUT2D eigenvalue weighted by atomic mass is 10.2. The predicted octanol–water partition coefficient (Wildman–Crippen LogP) is 4.74. The summed E-state index contributed by atoms with van der Waals surface area (Å²) in [6, 6.07) is 20.2. The Hall–Kier alpha value is -3.03. The van der Waals surface area contributed by atoms with Gasteiger partial charge < -0.3 is 10.1 Å². The zero-order valence-corrected chi connectivity index (χ0v) is 20.4. The zero-order valence-electron chi connectivity index (χ0n) is 18.8. The fourth-order valence-corrected chi connectivity index (χ4v) is 4.96. The van der Waals surface area contributed by atoms with E-state index in [0.717, 1.165) is 15.6 Å². The number of rotatable bonds is 9. The Bertz CT molecular complexity index is 1220. The number of carbonyl (C=O) groups is 1. The lowest BCUT2D eigenvalue weighted by Crippen LogP contribution is -2.45. The number of nitrogens with zero attached hydrogens (tertiary/aromatic N) is 1. The van der Waals surface area contributed by atoms with Crippen LogP contribution in [0.3, 0.4) is 0 Å². The number of halogens is 1. The number of benzene rings is 3. The fourth-order valence-electron chi connectivity index (χ4n) is 3.30. The number of nitrogens with one attached hydrogen (secondary N) is 1. The average Bonchev–Trinajstić information content (AvgIpc) is 2.79. The molecule has 174 valence electrons. The van der Waals surface area contributed by atoms with E-state index in [-0.39, 0.29) is 17.5 Å². The number of hydrogen-bond acceptors (Lipinski definition) is 4. The normalized spacial score (nSPS) is 12.1. The highest BCUT2D eigenvalue weighted by Crippen LogP contribution is 2.29. The van der Waals surface area contributed by atoms with Crippen LogP contribution in [0.4, 0.5) is 5.69 Å². The van der Waals surface area contributed by atoms with Crippen molar-refractivity contribution in [3.63, 3.8) is 0 Å². The third-order valence-electron chi connectivity index (χ3n) is 5.05. The van der Waals surface area contributed by atoms with Gasteiger partial charge >= 0.3 is 0 Å². The number of carbonyl (C=O) groups excluding carboxylic acids is 1. The molecule has 1 amide bonds. The smallest absolute Gasteiger partial charge is 0.264 e. The van der Waals surface area contributed by atoms with E-state index < -0.39 is 22.5 Å². The molecular formula is C25H27ClN2O4S. The summed E-state index contributed by atoms with van der Waals surface area (Å²) in [5.41, 5.74) is 2.03. The zero-order chi connectivity index (χ0) is 24.0. The second kappa shape index (κ2) is 10.7. The van der Waals surface area contributed by atoms with E-state index in [1.165, 1.54) is 12.1 Å². The molecule has 0 radical (unpaired) electrons. The SMILES string of the molecule is Cc1ccccc1OCC(C)NC(=O)CN(c1cc(Cl)ccc1C)S(=O)(=O)c1ccccc1. The van der Waals surface area contributed by atoms with E-state index in [1.54, 1.807) is 50.2 Å². The molecule has 0 aromatic heterocycles. The summed E-state index contributed by atoms with van der Waals surface area (Å²) in [6.45, 7) is 5.37. The molecule has 0 aliphatic rings. The Morgan fingerprint density at radius 1 is 1.00 bits per heavy atom. The third kappa shape index (κ3) is 6.27. The molecule has 1 atom stereocenters. The van der Waals surface area contributed by atoms with Gasteiger partial charge in [-0.1, -0.05) is 54.1 Å². The van der Waals surface area contributed by atoms with Gasteiger partial charge in [-0.15, -0.1) is 0 Å². The van der Waals surface area contributed by atoms with Crippen LogP contribution >= 0.6 is 11.6 Å². The lowest BCUT2D eigenvalue weighted by molar-refractivity contribution is -0.120. The summed E-state index contributed by atoms with van der Waals surface area (Å²) in [4.78, 5) is 13.0. The Balaban J connectivity index is 1.79. The van der Waals surface area contributed by atoms with Crippen molar-refractivity contribution < 1.29 is 17.9 Å².